The second kappa shape index (κ2) is 9.52. The van der Waals surface area contributed by atoms with Crippen molar-refractivity contribution in [2.75, 3.05) is 0 Å². The smallest absolute Gasteiger partial charge is 0.448 e. The first-order valence-corrected chi connectivity index (χ1v) is 10.9. The highest BCUT2D eigenvalue weighted by molar-refractivity contribution is 9.10. The summed E-state index contributed by atoms with van der Waals surface area (Å²) in [6.07, 6.45) is -5.04. The molecular weight excluding hydrogens is 541 g/mol. The number of halogens is 5. The molecule has 1 unspecified atom stereocenters. The van der Waals surface area contributed by atoms with Crippen molar-refractivity contribution in [3.63, 3.8) is 0 Å². The van der Waals surface area contributed by atoms with Crippen molar-refractivity contribution in [2.45, 2.75) is 11.6 Å². The number of carbonyl (C=O) groups excluding carboxylic acids is 1. The van der Waals surface area contributed by atoms with Crippen LogP contribution in [0.15, 0.2) is 86.5 Å². The molecule has 4 rings (SSSR count). The minimum Gasteiger partial charge on any atom is -0.448 e. The lowest BCUT2D eigenvalue weighted by molar-refractivity contribution is -0.154. The van der Waals surface area contributed by atoms with Crippen molar-refractivity contribution < 1.29 is 31.9 Å². The maximum absolute atomic E-state index is 13.7. The molecule has 0 aliphatic rings. The van der Waals surface area contributed by atoms with E-state index in [-0.39, 0.29) is 16.9 Å². The molecule has 1 aromatic heterocycles. The number of fused-ring (bicyclic) bond motifs is 1. The Morgan fingerprint density at radius 3 is 2.35 bits per heavy atom. The molecule has 0 aliphatic carbocycles. The Morgan fingerprint density at radius 1 is 1.00 bits per heavy atom. The van der Waals surface area contributed by atoms with Crippen LogP contribution in [0.3, 0.4) is 0 Å². The SMILES string of the molecule is O=C(Oc1ccc2c(=O)c(Oc3ccccc3Br)c(C(F)(F)F)oc2c1)C(Cl)c1ccccc1. The molecular formula is C24H13BrClF3O5. The number of para-hydroxylation sites is 1. The summed E-state index contributed by atoms with van der Waals surface area (Å²) in [7, 11) is 0. The molecule has 0 radical (unpaired) electrons. The first kappa shape index (κ1) is 23.8. The van der Waals surface area contributed by atoms with E-state index in [9.17, 15) is 22.8 Å². The Labute approximate surface area is 203 Å². The van der Waals surface area contributed by atoms with Crippen molar-refractivity contribution in [1.82, 2.24) is 0 Å². The van der Waals surface area contributed by atoms with E-state index in [1.165, 1.54) is 24.3 Å². The second-order valence-corrected chi connectivity index (χ2v) is 8.26. The van der Waals surface area contributed by atoms with Crippen LogP contribution in [0.4, 0.5) is 13.2 Å². The van der Waals surface area contributed by atoms with Gasteiger partial charge in [0.05, 0.1) is 9.86 Å². The summed E-state index contributed by atoms with van der Waals surface area (Å²) >= 11 is 9.29. The fourth-order valence-electron chi connectivity index (χ4n) is 3.06. The van der Waals surface area contributed by atoms with Crippen LogP contribution in [0.1, 0.15) is 16.7 Å². The average Bonchev–Trinajstić information content (AvgIpc) is 2.81. The normalized spacial score (nSPS) is 12.4. The van der Waals surface area contributed by atoms with E-state index in [0.29, 0.717) is 10.0 Å². The largest absolute Gasteiger partial charge is 0.453 e. The van der Waals surface area contributed by atoms with Crippen molar-refractivity contribution in [3.05, 3.63) is 98.8 Å². The molecule has 174 valence electrons. The number of alkyl halides is 4. The minimum atomic E-state index is -5.04. The van der Waals surface area contributed by atoms with Crippen LogP contribution in [-0.4, -0.2) is 5.97 Å². The highest BCUT2D eigenvalue weighted by Gasteiger charge is 2.40. The van der Waals surface area contributed by atoms with Crippen LogP contribution in [-0.2, 0) is 11.0 Å². The Bertz CT molecular complexity index is 1420. The Balaban J connectivity index is 1.73. The van der Waals surface area contributed by atoms with Crippen molar-refractivity contribution in [1.29, 1.82) is 0 Å². The molecule has 0 bridgehead atoms. The average molecular weight is 554 g/mol. The van der Waals surface area contributed by atoms with E-state index in [1.54, 1.807) is 42.5 Å². The van der Waals surface area contributed by atoms with Crippen molar-refractivity contribution >= 4 is 44.5 Å². The van der Waals surface area contributed by atoms with Crippen LogP contribution in [0.5, 0.6) is 17.2 Å². The van der Waals surface area contributed by atoms with E-state index < -0.39 is 40.0 Å². The Kier molecular flexibility index (Phi) is 6.67. The van der Waals surface area contributed by atoms with E-state index >= 15 is 0 Å². The van der Waals surface area contributed by atoms with Gasteiger partial charge in [-0.2, -0.15) is 13.2 Å². The third-order valence-corrected chi connectivity index (χ3v) is 5.73. The number of esters is 1. The van der Waals surface area contributed by atoms with Crippen LogP contribution in [0.25, 0.3) is 11.0 Å². The lowest BCUT2D eigenvalue weighted by atomic mass is 10.1. The molecule has 34 heavy (non-hydrogen) atoms. The first-order chi connectivity index (χ1) is 16.1. The standard InChI is InChI=1S/C24H13BrClF3O5/c25-16-8-4-5-9-17(16)33-21-20(30)15-11-10-14(12-18(15)34-22(21)24(27,28)29)32-23(31)19(26)13-6-2-1-3-7-13/h1-12,19H. The summed E-state index contributed by atoms with van der Waals surface area (Å²) in [5.74, 6) is -3.63. The molecule has 3 aromatic carbocycles. The van der Waals surface area contributed by atoms with E-state index in [1.807, 2.05) is 0 Å². The molecule has 0 amide bonds. The third-order valence-electron chi connectivity index (χ3n) is 4.65. The zero-order valence-electron chi connectivity index (χ0n) is 16.9. The quantitative estimate of drug-likeness (QED) is 0.148. The van der Waals surface area contributed by atoms with Crippen molar-refractivity contribution in [3.8, 4) is 17.2 Å². The molecule has 0 aliphatic heterocycles. The fraction of sp³-hybridized carbons (Fsp3) is 0.0833. The molecule has 1 atom stereocenters. The number of hydrogen-bond acceptors (Lipinski definition) is 5. The summed E-state index contributed by atoms with van der Waals surface area (Å²) < 4.78 is 57.1. The van der Waals surface area contributed by atoms with Gasteiger partial charge in [-0.1, -0.05) is 42.5 Å². The number of benzene rings is 3. The van der Waals surface area contributed by atoms with Gasteiger partial charge in [-0.25, -0.2) is 4.79 Å². The van der Waals surface area contributed by atoms with Gasteiger partial charge in [0.2, 0.25) is 11.2 Å². The number of carbonyl (C=O) groups is 1. The number of ether oxygens (including phenoxy) is 2. The van der Waals surface area contributed by atoms with Crippen molar-refractivity contribution in [2.24, 2.45) is 0 Å². The first-order valence-electron chi connectivity index (χ1n) is 9.66. The van der Waals surface area contributed by atoms with Gasteiger partial charge < -0.3 is 13.9 Å². The van der Waals surface area contributed by atoms with Crippen LogP contribution < -0.4 is 14.9 Å². The fourth-order valence-corrected chi connectivity index (χ4v) is 3.62. The molecule has 0 fully saturated rings. The van der Waals surface area contributed by atoms with Gasteiger partial charge in [0.25, 0.3) is 5.76 Å². The topological polar surface area (TPSA) is 65.7 Å². The maximum Gasteiger partial charge on any atom is 0.453 e. The summed E-state index contributed by atoms with van der Waals surface area (Å²) in [5.41, 5.74) is -0.996. The Morgan fingerprint density at radius 2 is 1.68 bits per heavy atom. The Hall–Kier alpha value is -3.30. The van der Waals surface area contributed by atoms with Crippen LogP contribution >= 0.6 is 27.5 Å². The minimum absolute atomic E-state index is 0.000679. The number of hydrogen-bond donors (Lipinski definition) is 0. The third kappa shape index (κ3) is 4.95. The summed E-state index contributed by atoms with van der Waals surface area (Å²) in [5, 5.41) is -1.34. The van der Waals surface area contributed by atoms with E-state index in [0.717, 1.165) is 6.07 Å². The summed E-state index contributed by atoms with van der Waals surface area (Å²) in [4.78, 5) is 25.3. The lowest BCUT2D eigenvalue weighted by Gasteiger charge is -2.14. The monoisotopic (exact) mass is 552 g/mol. The molecule has 4 aromatic rings. The maximum atomic E-state index is 13.7. The lowest BCUT2D eigenvalue weighted by Crippen LogP contribution is -2.16. The van der Waals surface area contributed by atoms with Gasteiger partial charge in [0, 0.05) is 6.07 Å². The summed E-state index contributed by atoms with van der Waals surface area (Å²) in [6.45, 7) is 0. The second-order valence-electron chi connectivity index (χ2n) is 6.97. The zero-order chi connectivity index (χ0) is 24.5. The van der Waals surface area contributed by atoms with Gasteiger partial charge in [-0.3, -0.25) is 4.79 Å². The molecule has 1 heterocycles. The summed E-state index contributed by atoms with van der Waals surface area (Å²) in [6, 6.07) is 17.9. The highest BCUT2D eigenvalue weighted by atomic mass is 79.9. The number of rotatable bonds is 5. The van der Waals surface area contributed by atoms with Gasteiger partial charge in [0.1, 0.15) is 17.1 Å². The van der Waals surface area contributed by atoms with Gasteiger partial charge in [0.15, 0.2) is 5.38 Å². The highest BCUT2D eigenvalue weighted by Crippen LogP contribution is 2.40. The predicted octanol–water partition coefficient (Wildman–Crippen LogP) is 7.25. The van der Waals surface area contributed by atoms with Gasteiger partial charge in [-0.05, 0) is 45.8 Å². The molecule has 0 spiro atoms. The molecule has 10 heteroatoms. The van der Waals surface area contributed by atoms with E-state index in [4.69, 9.17) is 25.5 Å². The van der Waals surface area contributed by atoms with Gasteiger partial charge >= 0.3 is 12.1 Å². The predicted molar refractivity (Wildman–Crippen MR) is 122 cm³/mol. The molecule has 5 nitrogen and oxygen atoms in total. The van der Waals surface area contributed by atoms with E-state index in [2.05, 4.69) is 15.9 Å². The zero-order valence-corrected chi connectivity index (χ0v) is 19.3. The molecule has 0 saturated heterocycles. The van der Waals surface area contributed by atoms with Crippen LogP contribution in [0, 0.1) is 0 Å². The van der Waals surface area contributed by atoms with Gasteiger partial charge in [-0.15, -0.1) is 11.6 Å². The molecule has 0 saturated carbocycles. The van der Waals surface area contributed by atoms with Crippen LogP contribution in [0.2, 0.25) is 0 Å². The molecule has 0 N–H and O–H groups in total.